The van der Waals surface area contributed by atoms with Crippen LogP contribution in [0.2, 0.25) is 0 Å². The summed E-state index contributed by atoms with van der Waals surface area (Å²) >= 11 is 0. The summed E-state index contributed by atoms with van der Waals surface area (Å²) in [5, 5.41) is 7.42. The number of hydrogen-bond acceptors (Lipinski definition) is 4. The van der Waals surface area contributed by atoms with Gasteiger partial charge in [0.05, 0.1) is 18.0 Å². The molecule has 6 heteroatoms. The highest BCUT2D eigenvalue weighted by atomic mass is 32.2. The fourth-order valence-corrected chi connectivity index (χ4v) is 2.21. The van der Waals surface area contributed by atoms with Gasteiger partial charge in [0.2, 0.25) is 0 Å². The molecule has 1 aromatic rings. The number of nitrogens with zero attached hydrogens (tertiary/aromatic N) is 2. The molecule has 0 saturated heterocycles. The molecule has 0 saturated carbocycles. The monoisotopic (exact) mass is 259 g/mol. The second-order valence-electron chi connectivity index (χ2n) is 3.96. The van der Waals surface area contributed by atoms with Crippen LogP contribution >= 0.6 is 0 Å². The minimum atomic E-state index is -2.92. The Morgan fingerprint density at radius 2 is 2.18 bits per heavy atom. The van der Waals surface area contributed by atoms with E-state index in [1.807, 2.05) is 6.07 Å². The smallest absolute Gasteiger partial charge is 0.151 e. The van der Waals surface area contributed by atoms with Gasteiger partial charge in [-0.1, -0.05) is 13.8 Å². The van der Waals surface area contributed by atoms with E-state index in [1.54, 1.807) is 17.8 Å². The first-order valence-electron chi connectivity index (χ1n) is 6.01. The molecule has 1 aromatic heterocycles. The number of nitrogens with one attached hydrogen (secondary N) is 1. The van der Waals surface area contributed by atoms with Crippen molar-refractivity contribution in [3.63, 3.8) is 0 Å². The van der Waals surface area contributed by atoms with Crippen molar-refractivity contribution >= 4 is 9.84 Å². The summed E-state index contributed by atoms with van der Waals surface area (Å²) in [4.78, 5) is 0. The van der Waals surface area contributed by atoms with Crippen LogP contribution in [0.1, 0.15) is 26.0 Å². The molecule has 0 aliphatic rings. The molecule has 0 atom stereocenters. The van der Waals surface area contributed by atoms with Crippen LogP contribution in [-0.2, 0) is 22.9 Å². The van der Waals surface area contributed by atoms with Crippen LogP contribution in [0, 0.1) is 0 Å². The van der Waals surface area contributed by atoms with Crippen molar-refractivity contribution in [1.82, 2.24) is 15.1 Å². The average molecular weight is 259 g/mol. The molecule has 0 aliphatic carbocycles. The average Bonchev–Trinajstić information content (AvgIpc) is 2.75. The van der Waals surface area contributed by atoms with Gasteiger partial charge in [0.1, 0.15) is 0 Å². The molecule has 0 spiro atoms. The Balaban J connectivity index is 2.51. The van der Waals surface area contributed by atoms with Gasteiger partial charge in [0.15, 0.2) is 9.84 Å². The van der Waals surface area contributed by atoms with E-state index in [4.69, 9.17) is 0 Å². The number of aryl methyl sites for hydroxylation is 1. The zero-order chi connectivity index (χ0) is 12.7. The Morgan fingerprint density at radius 1 is 1.41 bits per heavy atom. The normalized spacial score (nSPS) is 11.9. The maximum Gasteiger partial charge on any atom is 0.151 e. The quantitative estimate of drug-likeness (QED) is 0.702. The van der Waals surface area contributed by atoms with Gasteiger partial charge in [-0.25, -0.2) is 8.42 Å². The Morgan fingerprint density at radius 3 is 2.82 bits per heavy atom. The predicted octanol–water partition coefficient (Wildman–Crippen LogP) is 0.817. The van der Waals surface area contributed by atoms with E-state index >= 15 is 0 Å². The number of hydrogen-bond donors (Lipinski definition) is 1. The summed E-state index contributed by atoms with van der Waals surface area (Å²) in [6.07, 6.45) is 2.79. The van der Waals surface area contributed by atoms with Crippen molar-refractivity contribution in [3.05, 3.63) is 18.0 Å². The highest BCUT2D eigenvalue weighted by Gasteiger charge is 2.09. The molecule has 17 heavy (non-hydrogen) atoms. The third-order valence-electron chi connectivity index (χ3n) is 2.59. The molecule has 1 heterocycles. The Labute approximate surface area is 103 Å². The van der Waals surface area contributed by atoms with Crippen LogP contribution in [0.5, 0.6) is 0 Å². The number of rotatable bonds is 8. The van der Waals surface area contributed by atoms with Crippen molar-refractivity contribution in [2.24, 2.45) is 0 Å². The first-order chi connectivity index (χ1) is 8.09. The van der Waals surface area contributed by atoms with Crippen molar-refractivity contribution in [3.8, 4) is 0 Å². The first-order valence-corrected chi connectivity index (χ1v) is 7.83. The third-order valence-corrected chi connectivity index (χ3v) is 4.28. The molecule has 0 radical (unpaired) electrons. The van der Waals surface area contributed by atoms with Crippen LogP contribution < -0.4 is 5.32 Å². The van der Waals surface area contributed by atoms with Gasteiger partial charge in [0, 0.05) is 18.5 Å². The first kappa shape index (κ1) is 14.2. The summed E-state index contributed by atoms with van der Waals surface area (Å²) < 4.78 is 24.6. The van der Waals surface area contributed by atoms with Crippen LogP contribution in [0.4, 0.5) is 0 Å². The lowest BCUT2D eigenvalue weighted by molar-refractivity contribution is 0.561. The summed E-state index contributed by atoms with van der Waals surface area (Å²) in [6.45, 7) is 5.91. The standard InChI is InChI=1S/C11H21N3O2S/c1-3-6-12-10-11-5-7-13-14(11)8-9-17(15,16)4-2/h5,7,12H,3-4,6,8-10H2,1-2H3. The molecule has 1 N–H and O–H groups in total. The highest BCUT2D eigenvalue weighted by Crippen LogP contribution is 2.00. The minimum Gasteiger partial charge on any atom is -0.311 e. The second kappa shape index (κ2) is 6.76. The van der Waals surface area contributed by atoms with Crippen LogP contribution in [-0.4, -0.2) is 36.2 Å². The van der Waals surface area contributed by atoms with Gasteiger partial charge in [-0.3, -0.25) is 4.68 Å². The fourth-order valence-electron chi connectivity index (χ4n) is 1.47. The molecule has 0 unspecified atom stereocenters. The van der Waals surface area contributed by atoms with E-state index in [0.29, 0.717) is 6.54 Å². The maximum absolute atomic E-state index is 11.4. The van der Waals surface area contributed by atoms with Gasteiger partial charge in [-0.2, -0.15) is 5.10 Å². The van der Waals surface area contributed by atoms with Crippen molar-refractivity contribution in [1.29, 1.82) is 0 Å². The molecule has 0 amide bonds. The van der Waals surface area contributed by atoms with Gasteiger partial charge >= 0.3 is 0 Å². The van der Waals surface area contributed by atoms with Gasteiger partial charge < -0.3 is 5.32 Å². The van der Waals surface area contributed by atoms with Gasteiger partial charge in [-0.15, -0.1) is 0 Å². The largest absolute Gasteiger partial charge is 0.311 e. The summed E-state index contributed by atoms with van der Waals surface area (Å²) in [6, 6.07) is 1.92. The van der Waals surface area contributed by atoms with E-state index < -0.39 is 9.84 Å². The Kier molecular flexibility index (Phi) is 5.64. The zero-order valence-electron chi connectivity index (χ0n) is 10.5. The number of aromatic nitrogens is 2. The van der Waals surface area contributed by atoms with E-state index in [1.165, 1.54) is 0 Å². The zero-order valence-corrected chi connectivity index (χ0v) is 11.3. The van der Waals surface area contributed by atoms with Crippen molar-refractivity contribution < 1.29 is 8.42 Å². The second-order valence-corrected chi connectivity index (χ2v) is 6.43. The molecular weight excluding hydrogens is 238 g/mol. The Bertz CT molecular complexity index is 426. The van der Waals surface area contributed by atoms with Gasteiger partial charge in [-0.05, 0) is 19.0 Å². The molecule has 0 bridgehead atoms. The highest BCUT2D eigenvalue weighted by molar-refractivity contribution is 7.91. The SMILES string of the molecule is CCCNCc1ccnn1CCS(=O)(=O)CC. The van der Waals surface area contributed by atoms with Crippen molar-refractivity contribution in [2.75, 3.05) is 18.1 Å². The van der Waals surface area contributed by atoms with Gasteiger partial charge in [0.25, 0.3) is 0 Å². The lowest BCUT2D eigenvalue weighted by Crippen LogP contribution is -2.20. The van der Waals surface area contributed by atoms with Crippen molar-refractivity contribution in [2.45, 2.75) is 33.4 Å². The van der Waals surface area contributed by atoms with Crippen LogP contribution in [0.25, 0.3) is 0 Å². The van der Waals surface area contributed by atoms with E-state index in [2.05, 4.69) is 17.3 Å². The summed E-state index contributed by atoms with van der Waals surface area (Å²) in [5.41, 5.74) is 1.03. The third kappa shape index (κ3) is 4.87. The molecule has 0 aromatic carbocycles. The minimum absolute atomic E-state index is 0.159. The fraction of sp³-hybridized carbons (Fsp3) is 0.727. The lowest BCUT2D eigenvalue weighted by atomic mass is 10.4. The molecule has 1 rings (SSSR count). The predicted molar refractivity (Wildman–Crippen MR) is 68.6 cm³/mol. The summed E-state index contributed by atoms with van der Waals surface area (Å²) in [7, 11) is -2.92. The van der Waals surface area contributed by atoms with E-state index in [-0.39, 0.29) is 11.5 Å². The summed E-state index contributed by atoms with van der Waals surface area (Å²) in [5.74, 6) is 0.351. The molecule has 0 fully saturated rings. The van der Waals surface area contributed by atoms with Crippen LogP contribution in [0.3, 0.4) is 0 Å². The topological polar surface area (TPSA) is 64.0 Å². The molecule has 98 valence electrons. The maximum atomic E-state index is 11.4. The Hall–Kier alpha value is -0.880. The van der Waals surface area contributed by atoms with E-state index in [9.17, 15) is 8.42 Å². The lowest BCUT2D eigenvalue weighted by Gasteiger charge is -2.08. The molecular formula is C11H21N3O2S. The molecule has 5 nitrogen and oxygen atoms in total. The molecule has 0 aliphatic heterocycles. The van der Waals surface area contributed by atoms with E-state index in [0.717, 1.165) is 25.2 Å². The number of sulfone groups is 1. The van der Waals surface area contributed by atoms with Crippen LogP contribution in [0.15, 0.2) is 12.3 Å².